The van der Waals surface area contributed by atoms with E-state index >= 15 is 0 Å². The maximum Gasteiger partial charge on any atom is 0.332 e. The molecule has 0 radical (unpaired) electrons. The van der Waals surface area contributed by atoms with Crippen LogP contribution >= 0.6 is 0 Å². The Bertz CT molecular complexity index is 393. The minimum absolute atomic E-state index is 0.300. The molecule has 1 atom stereocenters. The molecule has 0 aliphatic carbocycles. The molecule has 0 saturated carbocycles. The van der Waals surface area contributed by atoms with Crippen LogP contribution in [0.15, 0.2) is 30.3 Å². The minimum atomic E-state index is -1.16. The van der Waals surface area contributed by atoms with Gasteiger partial charge in [0.05, 0.1) is 6.61 Å². The van der Waals surface area contributed by atoms with Gasteiger partial charge >= 0.3 is 5.97 Å². The number of amides is 1. The zero-order valence-electron chi connectivity index (χ0n) is 9.96. The van der Waals surface area contributed by atoms with Gasteiger partial charge in [-0.05, 0) is 12.5 Å². The first-order valence-corrected chi connectivity index (χ1v) is 5.38. The number of hydrogen-bond donors (Lipinski definition) is 2. The van der Waals surface area contributed by atoms with E-state index in [-0.39, 0.29) is 0 Å². The SMILES string of the molecule is CC(OCc1ccccc1)C(=O)NOCC(=O)O. The fraction of sp³-hybridized carbons (Fsp3) is 0.333. The van der Waals surface area contributed by atoms with Gasteiger partial charge in [-0.25, -0.2) is 10.3 Å². The maximum absolute atomic E-state index is 11.4. The van der Waals surface area contributed by atoms with Crippen molar-refractivity contribution in [3.63, 3.8) is 0 Å². The molecule has 0 saturated heterocycles. The van der Waals surface area contributed by atoms with Crippen LogP contribution in [0.2, 0.25) is 0 Å². The molecule has 0 aromatic heterocycles. The quantitative estimate of drug-likeness (QED) is 0.699. The molecule has 18 heavy (non-hydrogen) atoms. The van der Waals surface area contributed by atoms with Crippen molar-refractivity contribution in [2.45, 2.75) is 19.6 Å². The lowest BCUT2D eigenvalue weighted by molar-refractivity contribution is -0.154. The van der Waals surface area contributed by atoms with Crippen molar-refractivity contribution in [3.05, 3.63) is 35.9 Å². The highest BCUT2D eigenvalue weighted by molar-refractivity contribution is 5.79. The van der Waals surface area contributed by atoms with Crippen LogP contribution in [0.25, 0.3) is 0 Å². The van der Waals surface area contributed by atoms with Gasteiger partial charge in [0.1, 0.15) is 6.10 Å². The Morgan fingerprint density at radius 3 is 2.61 bits per heavy atom. The smallest absolute Gasteiger partial charge is 0.332 e. The van der Waals surface area contributed by atoms with Crippen molar-refractivity contribution < 1.29 is 24.3 Å². The average Bonchev–Trinajstić information content (AvgIpc) is 2.36. The Morgan fingerprint density at radius 1 is 1.33 bits per heavy atom. The molecule has 0 heterocycles. The molecule has 6 nitrogen and oxygen atoms in total. The number of carboxylic acid groups (broad SMARTS) is 1. The largest absolute Gasteiger partial charge is 0.479 e. The summed E-state index contributed by atoms with van der Waals surface area (Å²) in [5.41, 5.74) is 2.95. The Hall–Kier alpha value is -1.92. The molecule has 98 valence electrons. The van der Waals surface area contributed by atoms with Gasteiger partial charge in [-0.1, -0.05) is 30.3 Å². The first-order chi connectivity index (χ1) is 8.59. The predicted octanol–water partition coefficient (Wildman–Crippen LogP) is 0.724. The summed E-state index contributed by atoms with van der Waals surface area (Å²) in [5.74, 6) is -1.68. The predicted molar refractivity (Wildman–Crippen MR) is 62.4 cm³/mol. The van der Waals surface area contributed by atoms with Crippen molar-refractivity contribution in [2.75, 3.05) is 6.61 Å². The van der Waals surface area contributed by atoms with Gasteiger partial charge in [0.25, 0.3) is 5.91 Å². The van der Waals surface area contributed by atoms with E-state index in [2.05, 4.69) is 4.84 Å². The summed E-state index contributed by atoms with van der Waals surface area (Å²) in [5, 5.41) is 8.31. The molecule has 0 aliphatic heterocycles. The van der Waals surface area contributed by atoms with Crippen LogP contribution in [0.4, 0.5) is 0 Å². The second-order valence-electron chi connectivity index (χ2n) is 3.59. The summed E-state index contributed by atoms with van der Waals surface area (Å²) in [6.07, 6.45) is -0.723. The number of hydroxylamine groups is 1. The second kappa shape index (κ2) is 7.41. The van der Waals surface area contributed by atoms with Crippen LogP contribution in [-0.2, 0) is 25.8 Å². The van der Waals surface area contributed by atoms with Crippen molar-refractivity contribution >= 4 is 11.9 Å². The number of rotatable bonds is 7. The maximum atomic E-state index is 11.4. The number of nitrogens with one attached hydrogen (secondary N) is 1. The zero-order valence-corrected chi connectivity index (χ0v) is 9.96. The fourth-order valence-corrected chi connectivity index (χ4v) is 1.12. The third-order valence-electron chi connectivity index (χ3n) is 2.08. The minimum Gasteiger partial charge on any atom is -0.479 e. The lowest BCUT2D eigenvalue weighted by Gasteiger charge is -2.12. The third-order valence-corrected chi connectivity index (χ3v) is 2.08. The molecule has 1 rings (SSSR count). The molecule has 1 amide bonds. The van der Waals surface area contributed by atoms with Gasteiger partial charge in [0, 0.05) is 0 Å². The second-order valence-corrected chi connectivity index (χ2v) is 3.59. The van der Waals surface area contributed by atoms with Crippen molar-refractivity contribution in [1.29, 1.82) is 0 Å². The Balaban J connectivity index is 2.25. The van der Waals surface area contributed by atoms with E-state index in [0.29, 0.717) is 6.61 Å². The monoisotopic (exact) mass is 253 g/mol. The van der Waals surface area contributed by atoms with Crippen molar-refractivity contribution in [2.24, 2.45) is 0 Å². The summed E-state index contributed by atoms with van der Waals surface area (Å²) in [6, 6.07) is 9.40. The molecular weight excluding hydrogens is 238 g/mol. The van der Waals surface area contributed by atoms with Gasteiger partial charge < -0.3 is 9.84 Å². The van der Waals surface area contributed by atoms with E-state index < -0.39 is 24.6 Å². The van der Waals surface area contributed by atoms with Crippen LogP contribution in [0, 0.1) is 0 Å². The zero-order chi connectivity index (χ0) is 13.4. The molecule has 1 aromatic carbocycles. The molecule has 0 fully saturated rings. The number of benzene rings is 1. The van der Waals surface area contributed by atoms with Crippen molar-refractivity contribution in [3.8, 4) is 0 Å². The normalized spacial score (nSPS) is 11.8. The van der Waals surface area contributed by atoms with E-state index in [1.165, 1.54) is 0 Å². The van der Waals surface area contributed by atoms with Crippen LogP contribution < -0.4 is 5.48 Å². The fourth-order valence-electron chi connectivity index (χ4n) is 1.12. The van der Waals surface area contributed by atoms with Gasteiger partial charge in [-0.2, -0.15) is 0 Å². The molecular formula is C12H15NO5. The highest BCUT2D eigenvalue weighted by Crippen LogP contribution is 2.03. The highest BCUT2D eigenvalue weighted by Gasteiger charge is 2.13. The molecule has 0 aliphatic rings. The summed E-state index contributed by atoms with van der Waals surface area (Å²) < 4.78 is 5.31. The number of carboxylic acids is 1. The summed E-state index contributed by atoms with van der Waals surface area (Å²) in [6.45, 7) is 1.27. The lowest BCUT2D eigenvalue weighted by atomic mass is 10.2. The van der Waals surface area contributed by atoms with Gasteiger partial charge in [0.2, 0.25) is 0 Å². The van der Waals surface area contributed by atoms with Crippen LogP contribution in [0.3, 0.4) is 0 Å². The molecule has 0 spiro atoms. The van der Waals surface area contributed by atoms with Gasteiger partial charge in [0.15, 0.2) is 6.61 Å². The molecule has 0 bridgehead atoms. The first-order valence-electron chi connectivity index (χ1n) is 5.38. The summed E-state index contributed by atoms with van der Waals surface area (Å²) >= 11 is 0. The average molecular weight is 253 g/mol. The van der Waals surface area contributed by atoms with E-state index in [9.17, 15) is 9.59 Å². The molecule has 6 heteroatoms. The summed E-state index contributed by atoms with van der Waals surface area (Å²) in [4.78, 5) is 26.0. The standard InChI is InChI=1S/C12H15NO5/c1-9(12(16)13-18-8-11(14)15)17-7-10-5-3-2-4-6-10/h2-6,9H,7-8H2,1H3,(H,13,16)(H,14,15). The van der Waals surface area contributed by atoms with Gasteiger partial charge in [-0.15, -0.1) is 0 Å². The molecule has 1 unspecified atom stereocenters. The van der Waals surface area contributed by atoms with E-state index in [1.807, 2.05) is 35.8 Å². The third kappa shape index (κ3) is 5.42. The Morgan fingerprint density at radius 2 is 2.00 bits per heavy atom. The van der Waals surface area contributed by atoms with E-state index in [1.54, 1.807) is 6.92 Å². The Labute approximate surface area is 104 Å². The lowest BCUT2D eigenvalue weighted by Crippen LogP contribution is -2.35. The summed E-state index contributed by atoms with van der Waals surface area (Å²) in [7, 11) is 0. The van der Waals surface area contributed by atoms with E-state index in [0.717, 1.165) is 5.56 Å². The number of ether oxygens (including phenoxy) is 1. The van der Waals surface area contributed by atoms with Crippen LogP contribution in [0.1, 0.15) is 12.5 Å². The molecule has 2 N–H and O–H groups in total. The molecule has 1 aromatic rings. The first kappa shape index (κ1) is 14.1. The van der Waals surface area contributed by atoms with E-state index in [4.69, 9.17) is 9.84 Å². The van der Waals surface area contributed by atoms with Crippen LogP contribution in [0.5, 0.6) is 0 Å². The van der Waals surface area contributed by atoms with Crippen molar-refractivity contribution in [1.82, 2.24) is 5.48 Å². The Kier molecular flexibility index (Phi) is 5.83. The van der Waals surface area contributed by atoms with Gasteiger partial charge in [-0.3, -0.25) is 9.63 Å². The number of hydrogen-bond acceptors (Lipinski definition) is 4. The topological polar surface area (TPSA) is 84.9 Å². The number of aliphatic carboxylic acids is 1. The highest BCUT2D eigenvalue weighted by atomic mass is 16.7. The van der Waals surface area contributed by atoms with Crippen LogP contribution in [-0.4, -0.2) is 29.7 Å². The number of carbonyl (C=O) groups excluding carboxylic acids is 1. The number of carbonyl (C=O) groups is 2.